The van der Waals surface area contributed by atoms with Gasteiger partial charge in [-0.05, 0) is 42.3 Å². The number of anilines is 1. The number of amides is 2. The molecule has 9 nitrogen and oxygen atoms in total. The number of hydrogen-bond donors (Lipinski definition) is 2. The Hall–Kier alpha value is -3.47. The molecule has 0 spiro atoms. The first-order valence-corrected chi connectivity index (χ1v) is 12.5. The minimum atomic E-state index is -0.252. The second-order valence-corrected chi connectivity index (χ2v) is 9.36. The van der Waals surface area contributed by atoms with Gasteiger partial charge in [0.1, 0.15) is 0 Å². The molecule has 0 radical (unpaired) electrons. The van der Waals surface area contributed by atoms with Gasteiger partial charge in [0.15, 0.2) is 16.6 Å². The molecule has 0 aliphatic carbocycles. The van der Waals surface area contributed by atoms with Crippen molar-refractivity contribution in [2.24, 2.45) is 0 Å². The molecule has 2 amide bonds. The van der Waals surface area contributed by atoms with E-state index in [9.17, 15) is 9.59 Å². The molecule has 36 heavy (non-hydrogen) atoms. The molecular formula is C26H30N4O5S. The van der Waals surface area contributed by atoms with E-state index >= 15 is 0 Å². The monoisotopic (exact) mass is 510 g/mol. The second-order valence-electron chi connectivity index (χ2n) is 8.24. The molecule has 1 saturated heterocycles. The Morgan fingerprint density at radius 1 is 1.03 bits per heavy atom. The summed E-state index contributed by atoms with van der Waals surface area (Å²) in [7, 11) is 3.06. The molecular weight excluding hydrogens is 480 g/mol. The zero-order valence-electron chi connectivity index (χ0n) is 20.4. The fourth-order valence-corrected chi connectivity index (χ4v) is 4.62. The number of nitrogens with zero attached hydrogens (tertiary/aromatic N) is 2. The highest BCUT2D eigenvalue weighted by atomic mass is 32.1. The Morgan fingerprint density at radius 3 is 2.58 bits per heavy atom. The number of hydrogen-bond acceptors (Lipinski definition) is 8. The fourth-order valence-electron chi connectivity index (χ4n) is 3.83. The van der Waals surface area contributed by atoms with Gasteiger partial charge in [-0.1, -0.05) is 12.1 Å². The second kappa shape index (κ2) is 12.5. The molecule has 10 heteroatoms. The van der Waals surface area contributed by atoms with E-state index in [1.54, 1.807) is 43.5 Å². The number of benzene rings is 2. The summed E-state index contributed by atoms with van der Waals surface area (Å²) in [6, 6.07) is 12.1. The zero-order chi connectivity index (χ0) is 25.3. The molecule has 4 rings (SSSR count). The molecule has 0 bridgehead atoms. The van der Waals surface area contributed by atoms with E-state index < -0.39 is 0 Å². The predicted molar refractivity (Wildman–Crippen MR) is 138 cm³/mol. The number of rotatable bonds is 10. The summed E-state index contributed by atoms with van der Waals surface area (Å²) in [5.41, 5.74) is 1.76. The van der Waals surface area contributed by atoms with E-state index in [4.69, 9.17) is 14.2 Å². The highest BCUT2D eigenvalue weighted by Crippen LogP contribution is 2.27. The minimum absolute atomic E-state index is 0.239. The fraction of sp³-hybridized carbons (Fsp3) is 0.346. The lowest BCUT2D eigenvalue weighted by atomic mass is 10.1. The third-order valence-corrected chi connectivity index (χ3v) is 6.81. The van der Waals surface area contributed by atoms with Crippen LogP contribution in [-0.4, -0.2) is 68.8 Å². The van der Waals surface area contributed by atoms with Crippen molar-refractivity contribution in [3.8, 4) is 11.5 Å². The summed E-state index contributed by atoms with van der Waals surface area (Å²) in [6.45, 7) is 4.69. The van der Waals surface area contributed by atoms with Gasteiger partial charge in [0, 0.05) is 48.4 Å². The number of ether oxygens (including phenoxy) is 3. The molecule has 0 saturated carbocycles. The smallest absolute Gasteiger partial charge is 0.257 e. The van der Waals surface area contributed by atoms with Crippen molar-refractivity contribution >= 4 is 28.3 Å². The molecule has 3 aromatic rings. The van der Waals surface area contributed by atoms with Crippen molar-refractivity contribution in [3.05, 3.63) is 70.2 Å². The van der Waals surface area contributed by atoms with Crippen molar-refractivity contribution in [2.45, 2.75) is 13.0 Å². The van der Waals surface area contributed by atoms with Gasteiger partial charge in [-0.25, -0.2) is 4.98 Å². The Balaban J connectivity index is 1.30. The van der Waals surface area contributed by atoms with E-state index in [-0.39, 0.29) is 18.4 Å². The normalized spacial score (nSPS) is 13.7. The van der Waals surface area contributed by atoms with Gasteiger partial charge < -0.3 is 19.5 Å². The van der Waals surface area contributed by atoms with Gasteiger partial charge in [0.25, 0.3) is 11.8 Å². The third-order valence-electron chi connectivity index (χ3n) is 5.84. The van der Waals surface area contributed by atoms with Gasteiger partial charge in [0.05, 0.1) is 27.4 Å². The number of morpholine rings is 1. The number of carbonyl (C=O) groups is 2. The molecule has 2 aromatic carbocycles. The van der Waals surface area contributed by atoms with Crippen LogP contribution >= 0.6 is 11.3 Å². The molecule has 2 heterocycles. The molecule has 1 aliphatic heterocycles. The highest BCUT2D eigenvalue weighted by Gasteiger charge is 2.14. The number of thiazole rings is 1. The number of nitrogens with one attached hydrogen (secondary N) is 2. The van der Waals surface area contributed by atoms with Gasteiger partial charge in [0.2, 0.25) is 0 Å². The van der Waals surface area contributed by atoms with E-state index in [0.29, 0.717) is 27.8 Å². The Morgan fingerprint density at radius 2 is 1.81 bits per heavy atom. The Kier molecular flexibility index (Phi) is 8.88. The molecule has 0 unspecified atom stereocenters. The van der Waals surface area contributed by atoms with Crippen LogP contribution in [0, 0.1) is 0 Å². The Bertz CT molecular complexity index is 1190. The average Bonchev–Trinajstić information content (AvgIpc) is 3.38. The van der Waals surface area contributed by atoms with Crippen LogP contribution in [0.1, 0.15) is 31.2 Å². The topological polar surface area (TPSA) is 102 Å². The lowest BCUT2D eigenvalue weighted by Crippen LogP contribution is -2.37. The molecule has 1 aliphatic rings. The van der Waals surface area contributed by atoms with Crippen LogP contribution in [0.5, 0.6) is 11.5 Å². The van der Waals surface area contributed by atoms with Crippen molar-refractivity contribution in [2.75, 3.05) is 52.4 Å². The van der Waals surface area contributed by atoms with Crippen LogP contribution in [-0.2, 0) is 17.7 Å². The molecule has 2 N–H and O–H groups in total. The molecule has 0 atom stereocenters. The maximum absolute atomic E-state index is 12.8. The van der Waals surface area contributed by atoms with Crippen LogP contribution in [0.3, 0.4) is 0 Å². The quantitative estimate of drug-likeness (QED) is 0.432. The number of carbonyl (C=O) groups excluding carboxylic acids is 2. The molecule has 1 aromatic heterocycles. The molecule has 1 fully saturated rings. The first-order valence-electron chi connectivity index (χ1n) is 11.7. The summed E-state index contributed by atoms with van der Waals surface area (Å²) < 4.78 is 15.9. The van der Waals surface area contributed by atoms with Crippen LogP contribution < -0.4 is 20.1 Å². The lowest BCUT2D eigenvalue weighted by molar-refractivity contribution is 0.0385. The number of methoxy groups -OCH3 is 2. The minimum Gasteiger partial charge on any atom is -0.493 e. The van der Waals surface area contributed by atoms with E-state index in [1.807, 2.05) is 12.3 Å². The summed E-state index contributed by atoms with van der Waals surface area (Å²) in [6.07, 6.45) is 2.71. The van der Waals surface area contributed by atoms with Gasteiger partial charge in [-0.15, -0.1) is 11.3 Å². The largest absolute Gasteiger partial charge is 0.493 e. The Labute approximate surface area is 214 Å². The highest BCUT2D eigenvalue weighted by molar-refractivity contribution is 7.15. The first kappa shape index (κ1) is 25.6. The summed E-state index contributed by atoms with van der Waals surface area (Å²) in [5, 5.41) is 6.33. The lowest BCUT2D eigenvalue weighted by Gasteiger charge is -2.26. The predicted octanol–water partition coefficient (Wildman–Crippen LogP) is 3.22. The van der Waals surface area contributed by atoms with Gasteiger partial charge >= 0.3 is 0 Å². The van der Waals surface area contributed by atoms with E-state index in [1.165, 1.54) is 18.4 Å². The number of aromatic nitrogens is 1. The van der Waals surface area contributed by atoms with Crippen molar-refractivity contribution in [3.63, 3.8) is 0 Å². The van der Waals surface area contributed by atoms with E-state index in [2.05, 4.69) is 20.5 Å². The summed E-state index contributed by atoms with van der Waals surface area (Å²) in [5.74, 6) is 0.544. The van der Waals surface area contributed by atoms with Crippen molar-refractivity contribution < 1.29 is 23.8 Å². The summed E-state index contributed by atoms with van der Waals surface area (Å²) in [4.78, 5) is 33.2. The SMILES string of the molecule is COc1ccc(C(=O)NCc2cccc(C(=O)Nc3ncc(CCN4CCOCC4)s3)c2)cc1OC. The molecule has 190 valence electrons. The van der Waals surface area contributed by atoms with Crippen molar-refractivity contribution in [1.82, 2.24) is 15.2 Å². The van der Waals surface area contributed by atoms with Crippen LogP contribution in [0.2, 0.25) is 0 Å². The third kappa shape index (κ3) is 6.81. The van der Waals surface area contributed by atoms with Crippen LogP contribution in [0.4, 0.5) is 5.13 Å². The summed E-state index contributed by atoms with van der Waals surface area (Å²) >= 11 is 1.49. The maximum atomic E-state index is 12.8. The van der Waals surface area contributed by atoms with Crippen molar-refractivity contribution in [1.29, 1.82) is 0 Å². The zero-order valence-corrected chi connectivity index (χ0v) is 21.2. The van der Waals surface area contributed by atoms with Gasteiger partial charge in [-0.3, -0.25) is 19.8 Å². The van der Waals surface area contributed by atoms with Crippen LogP contribution in [0.15, 0.2) is 48.7 Å². The van der Waals surface area contributed by atoms with E-state index in [0.717, 1.165) is 49.7 Å². The standard InChI is InChI=1S/C26H30N4O5S/c1-33-22-7-6-20(15-23(22)34-2)24(31)27-16-18-4-3-5-19(14-18)25(32)29-26-28-17-21(36-26)8-9-30-10-12-35-13-11-30/h3-7,14-15,17H,8-13,16H2,1-2H3,(H,27,31)(H,28,29,32). The van der Waals surface area contributed by atoms with Gasteiger partial charge in [-0.2, -0.15) is 0 Å². The maximum Gasteiger partial charge on any atom is 0.257 e. The van der Waals surface area contributed by atoms with Crippen LogP contribution in [0.25, 0.3) is 0 Å². The average molecular weight is 511 g/mol. The first-order chi connectivity index (χ1) is 17.6.